The number of likely N-dealkylation sites (N-methyl/N-ethyl adjacent to an activating group) is 1. The molecule has 0 fully saturated rings. The Kier molecular flexibility index (Phi) is 13.7. The van der Waals surface area contributed by atoms with Crippen molar-refractivity contribution in [2.75, 3.05) is 39.7 Å². The first-order chi connectivity index (χ1) is 18.8. The van der Waals surface area contributed by atoms with Crippen LogP contribution in [0, 0.1) is 5.92 Å². The molecule has 1 atom stereocenters. The van der Waals surface area contributed by atoms with Crippen LogP contribution in [-0.2, 0) is 17.6 Å². The third-order valence-electron chi connectivity index (χ3n) is 6.38. The Morgan fingerprint density at radius 1 is 1.15 bits per heavy atom. The van der Waals surface area contributed by atoms with Crippen LogP contribution in [0.1, 0.15) is 50.2 Å². The average molecular weight is 541 g/mol. The Balaban J connectivity index is 2.19. The maximum absolute atomic E-state index is 12.7. The summed E-state index contributed by atoms with van der Waals surface area (Å²) in [6.45, 7) is 3.19. The summed E-state index contributed by atoms with van der Waals surface area (Å²) in [5.41, 5.74) is 8.16. The maximum Gasteiger partial charge on any atom is 0.192 e. The molecule has 0 aliphatic heterocycles. The molecule has 0 aliphatic carbocycles. The quantitative estimate of drug-likeness (QED) is 0.0647. The van der Waals surface area contributed by atoms with Crippen LogP contribution in [0.15, 0.2) is 47.5 Å². The van der Waals surface area contributed by atoms with E-state index in [1.165, 1.54) is 7.11 Å². The number of benzene rings is 2. The molecule has 9 nitrogen and oxygen atoms in total. The number of aliphatic imine (C=N–C) groups is 1. The molecule has 2 rings (SSSR count). The molecule has 39 heavy (non-hydrogen) atoms. The number of ether oxygens (including phenoxy) is 2. The fourth-order valence-electron chi connectivity index (χ4n) is 4.14. The van der Waals surface area contributed by atoms with Gasteiger partial charge in [0.25, 0.3) is 0 Å². The van der Waals surface area contributed by atoms with E-state index in [4.69, 9.17) is 15.2 Å². The van der Waals surface area contributed by atoms with Crippen molar-refractivity contribution in [2.24, 2.45) is 16.6 Å². The largest absolute Gasteiger partial charge is 0.504 e. The van der Waals surface area contributed by atoms with Crippen molar-refractivity contribution >= 4 is 17.4 Å². The smallest absolute Gasteiger partial charge is 0.192 e. The number of aromatic hydroxyl groups is 2. The monoisotopic (exact) mass is 540 g/mol. The number of anilines is 1. The number of unbranched alkanes of at least 4 members (excludes halogenated alkanes) is 2. The van der Waals surface area contributed by atoms with Crippen LogP contribution in [0.3, 0.4) is 0 Å². The van der Waals surface area contributed by atoms with Crippen LogP contribution in [0.25, 0.3) is 0 Å². The van der Waals surface area contributed by atoms with Gasteiger partial charge >= 0.3 is 0 Å². The molecule has 214 valence electrons. The molecule has 0 saturated heterocycles. The summed E-state index contributed by atoms with van der Waals surface area (Å²) < 4.78 is 11.0. The van der Waals surface area contributed by atoms with Crippen LogP contribution >= 0.6 is 0 Å². The van der Waals surface area contributed by atoms with Gasteiger partial charge in [0.05, 0.1) is 12.8 Å². The highest BCUT2D eigenvalue weighted by Crippen LogP contribution is 2.37. The number of allylic oxidation sites excluding steroid dienone is 2. The number of hydrogen-bond acceptors (Lipinski definition) is 7. The summed E-state index contributed by atoms with van der Waals surface area (Å²) in [4.78, 5) is 16.6. The number of guanidine groups is 1. The minimum Gasteiger partial charge on any atom is -0.504 e. The number of phenols is 2. The van der Waals surface area contributed by atoms with Crippen molar-refractivity contribution in [3.8, 4) is 23.0 Å². The highest BCUT2D eigenvalue weighted by atomic mass is 16.5. The zero-order valence-electron chi connectivity index (χ0n) is 23.6. The molecule has 0 saturated carbocycles. The standard InChI is InChI=1S/C30H44N4O5/c1-5-6-7-8-21(9-12-24(35)13-10-22-11-14-26(36)27(19-22)38-4)17-23-18-25(34-30(31)33-3)29(37)28(20-23)39-16-15-32-2/h9,11-12,14,18-21,32,36-37H,5-8,10,13,15-17H2,1-4H3,(H3,31,33,34)/b12-9+/t21-/m1/s1. The zero-order valence-corrected chi connectivity index (χ0v) is 23.6. The van der Waals surface area contributed by atoms with Crippen molar-refractivity contribution in [1.82, 2.24) is 5.32 Å². The minimum absolute atomic E-state index is 0.0273. The SMILES string of the molecule is CCCCC[C@H](/C=C/C(=O)CCc1ccc(O)c(OC)c1)Cc1cc(NC(N)=NC)c(O)c(OCCNC)c1. The van der Waals surface area contributed by atoms with Crippen LogP contribution in [0.4, 0.5) is 5.69 Å². The van der Waals surface area contributed by atoms with E-state index >= 15 is 0 Å². The molecular formula is C30H44N4O5. The molecule has 6 N–H and O–H groups in total. The van der Waals surface area contributed by atoms with Gasteiger partial charge in [0.2, 0.25) is 0 Å². The van der Waals surface area contributed by atoms with Gasteiger partial charge < -0.3 is 36.1 Å². The van der Waals surface area contributed by atoms with Gasteiger partial charge in [0.15, 0.2) is 34.7 Å². The molecule has 2 aromatic carbocycles. The predicted octanol–water partition coefficient (Wildman–Crippen LogP) is 4.56. The normalized spacial score (nSPS) is 12.5. The van der Waals surface area contributed by atoms with Crippen molar-refractivity contribution < 1.29 is 24.5 Å². The van der Waals surface area contributed by atoms with Gasteiger partial charge in [0, 0.05) is 20.0 Å². The number of hydrogen-bond donors (Lipinski definition) is 5. The van der Waals surface area contributed by atoms with E-state index in [1.807, 2.05) is 25.3 Å². The first-order valence-electron chi connectivity index (χ1n) is 13.5. The molecule has 0 unspecified atom stereocenters. The lowest BCUT2D eigenvalue weighted by Gasteiger charge is -2.18. The van der Waals surface area contributed by atoms with Gasteiger partial charge in [-0.2, -0.15) is 0 Å². The number of carbonyl (C=O) groups excluding carboxylic acids is 1. The summed E-state index contributed by atoms with van der Waals surface area (Å²) in [5, 5.41) is 26.5. The van der Waals surface area contributed by atoms with Crippen molar-refractivity contribution in [3.05, 3.63) is 53.6 Å². The first-order valence-corrected chi connectivity index (χ1v) is 13.5. The van der Waals surface area contributed by atoms with Gasteiger partial charge in [-0.3, -0.25) is 9.79 Å². The topological polar surface area (TPSA) is 138 Å². The minimum atomic E-state index is -0.0273. The van der Waals surface area contributed by atoms with E-state index in [0.717, 1.165) is 36.8 Å². The highest BCUT2D eigenvalue weighted by molar-refractivity contribution is 5.94. The number of aryl methyl sites for hydroxylation is 1. The van der Waals surface area contributed by atoms with Crippen LogP contribution in [0.5, 0.6) is 23.0 Å². The molecule has 2 aromatic rings. The lowest BCUT2D eigenvalue weighted by molar-refractivity contribution is -0.114. The van der Waals surface area contributed by atoms with Crippen LogP contribution in [0.2, 0.25) is 0 Å². The number of nitrogens with two attached hydrogens (primary N) is 1. The van der Waals surface area contributed by atoms with E-state index in [2.05, 4.69) is 22.5 Å². The number of ketones is 1. The summed E-state index contributed by atoms with van der Waals surface area (Å²) in [5.74, 6) is 1.17. The summed E-state index contributed by atoms with van der Waals surface area (Å²) >= 11 is 0. The van der Waals surface area contributed by atoms with Gasteiger partial charge in [0.1, 0.15) is 6.61 Å². The predicted molar refractivity (Wildman–Crippen MR) is 157 cm³/mol. The summed E-state index contributed by atoms with van der Waals surface area (Å²) in [7, 11) is 4.90. The molecule has 9 heteroatoms. The number of phenolic OH excluding ortho intramolecular Hbond substituents is 2. The molecular weight excluding hydrogens is 496 g/mol. The van der Waals surface area contributed by atoms with Crippen molar-refractivity contribution in [3.63, 3.8) is 0 Å². The van der Waals surface area contributed by atoms with E-state index in [-0.39, 0.29) is 29.2 Å². The Labute approximate surface area is 232 Å². The molecule has 0 bridgehead atoms. The second-order valence-electron chi connectivity index (χ2n) is 9.47. The second-order valence-corrected chi connectivity index (χ2v) is 9.47. The van der Waals surface area contributed by atoms with Gasteiger partial charge in [-0.05, 0) is 73.7 Å². The summed E-state index contributed by atoms with van der Waals surface area (Å²) in [6.07, 6.45) is 9.48. The second kappa shape index (κ2) is 17.0. The Morgan fingerprint density at radius 3 is 2.62 bits per heavy atom. The van der Waals surface area contributed by atoms with Crippen LogP contribution in [-0.4, -0.2) is 56.3 Å². The third-order valence-corrected chi connectivity index (χ3v) is 6.38. The fourth-order valence-corrected chi connectivity index (χ4v) is 4.14. The van der Waals surface area contributed by atoms with Crippen molar-refractivity contribution in [2.45, 2.75) is 51.9 Å². The number of carbonyl (C=O) groups is 1. The molecule has 0 aliphatic rings. The average Bonchev–Trinajstić information content (AvgIpc) is 2.93. The van der Waals surface area contributed by atoms with E-state index in [1.54, 1.807) is 31.3 Å². The molecule has 0 heterocycles. The lowest BCUT2D eigenvalue weighted by Crippen LogP contribution is -2.22. The third kappa shape index (κ3) is 10.9. The molecule has 0 spiro atoms. The van der Waals surface area contributed by atoms with Gasteiger partial charge in [-0.1, -0.05) is 38.3 Å². The number of nitrogens with zero attached hydrogens (tertiary/aromatic N) is 1. The van der Waals surface area contributed by atoms with Crippen molar-refractivity contribution in [1.29, 1.82) is 0 Å². The molecule has 0 aromatic heterocycles. The lowest BCUT2D eigenvalue weighted by atomic mass is 9.92. The van der Waals surface area contributed by atoms with E-state index in [0.29, 0.717) is 49.6 Å². The fraction of sp³-hybridized carbons (Fsp3) is 0.467. The zero-order chi connectivity index (χ0) is 28.6. The highest BCUT2D eigenvalue weighted by Gasteiger charge is 2.15. The Morgan fingerprint density at radius 2 is 1.92 bits per heavy atom. The Bertz CT molecular complexity index is 1120. The Hall–Kier alpha value is -3.72. The van der Waals surface area contributed by atoms with Crippen LogP contribution < -0.4 is 25.8 Å². The molecule has 0 radical (unpaired) electrons. The maximum atomic E-state index is 12.7. The van der Waals surface area contributed by atoms with E-state index in [9.17, 15) is 15.0 Å². The number of nitrogens with one attached hydrogen (secondary N) is 2. The first kappa shape index (κ1) is 31.5. The number of methoxy groups -OCH3 is 1. The van der Waals surface area contributed by atoms with E-state index < -0.39 is 0 Å². The van der Waals surface area contributed by atoms with Gasteiger partial charge in [-0.15, -0.1) is 0 Å². The number of rotatable bonds is 17. The van der Waals surface area contributed by atoms with Gasteiger partial charge in [-0.25, -0.2) is 0 Å². The molecule has 0 amide bonds. The summed E-state index contributed by atoms with van der Waals surface area (Å²) in [6, 6.07) is 8.82.